The topological polar surface area (TPSA) is 55.8 Å². The number of hydrogen-bond acceptors (Lipinski definition) is 5. The molecule has 0 atom stereocenters. The van der Waals surface area contributed by atoms with Crippen LogP contribution in [0.15, 0.2) is 51.8 Å². The van der Waals surface area contributed by atoms with Crippen LogP contribution >= 0.6 is 27.7 Å². The third-order valence-electron chi connectivity index (χ3n) is 4.42. The van der Waals surface area contributed by atoms with E-state index >= 15 is 0 Å². The zero-order valence-corrected chi connectivity index (χ0v) is 19.4. The maximum Gasteiger partial charge on any atom is 0.293 e. The number of carbonyl (C=O) groups excluding carboxylic acids is 2. The zero-order valence-electron chi connectivity index (χ0n) is 17.0. The summed E-state index contributed by atoms with van der Waals surface area (Å²) < 4.78 is 12.4. The van der Waals surface area contributed by atoms with Gasteiger partial charge in [0.2, 0.25) is 0 Å². The summed E-state index contributed by atoms with van der Waals surface area (Å²) in [4.78, 5) is 26.9. The molecule has 1 heterocycles. The summed E-state index contributed by atoms with van der Waals surface area (Å²) >= 11 is 4.37. The minimum atomic E-state index is -0.286. The minimum absolute atomic E-state index is 0.246. The fourth-order valence-corrected chi connectivity index (χ4v) is 4.22. The van der Waals surface area contributed by atoms with Gasteiger partial charge < -0.3 is 9.47 Å². The molecule has 2 amide bonds. The largest absolute Gasteiger partial charge is 0.490 e. The molecule has 0 radical (unpaired) electrons. The van der Waals surface area contributed by atoms with E-state index in [4.69, 9.17) is 9.47 Å². The van der Waals surface area contributed by atoms with E-state index in [2.05, 4.69) is 22.9 Å². The monoisotopic (exact) mass is 489 g/mol. The van der Waals surface area contributed by atoms with Gasteiger partial charge in [0, 0.05) is 4.47 Å². The van der Waals surface area contributed by atoms with Gasteiger partial charge in [0.25, 0.3) is 11.1 Å². The lowest BCUT2D eigenvalue weighted by atomic mass is 10.1. The molecule has 0 aromatic heterocycles. The minimum Gasteiger partial charge on any atom is -0.490 e. The fourth-order valence-electron chi connectivity index (χ4n) is 2.93. The lowest BCUT2D eigenvalue weighted by Gasteiger charge is -2.13. The molecule has 2 aromatic carbocycles. The number of hydrogen-bond donors (Lipinski definition) is 0. The van der Waals surface area contributed by atoms with E-state index in [0.717, 1.165) is 40.2 Å². The Hall–Kier alpha value is -2.25. The highest BCUT2D eigenvalue weighted by molar-refractivity contribution is 9.10. The Bertz CT molecular complexity index is 960. The second kappa shape index (κ2) is 10.7. The predicted octanol–water partition coefficient (Wildman–Crippen LogP) is 6.26. The molecule has 1 fully saturated rings. The van der Waals surface area contributed by atoms with Crippen molar-refractivity contribution >= 4 is 44.9 Å². The van der Waals surface area contributed by atoms with Gasteiger partial charge in [-0.1, -0.05) is 47.5 Å². The average molecular weight is 490 g/mol. The molecule has 30 heavy (non-hydrogen) atoms. The number of thioether (sulfide) groups is 1. The van der Waals surface area contributed by atoms with Crippen LogP contribution in [0, 0.1) is 0 Å². The van der Waals surface area contributed by atoms with Gasteiger partial charge in [-0.25, -0.2) is 0 Å². The zero-order chi connectivity index (χ0) is 21.5. The lowest BCUT2D eigenvalue weighted by Crippen LogP contribution is -2.27. The fraction of sp³-hybridized carbons (Fsp3) is 0.304. The number of unbranched alkanes of at least 4 members (excludes halogenated alkanes) is 1. The highest BCUT2D eigenvalue weighted by Gasteiger charge is 2.35. The molecule has 0 saturated carbocycles. The second-order valence-corrected chi connectivity index (χ2v) is 8.65. The Labute approximate surface area is 189 Å². The number of ether oxygens (including phenoxy) is 2. The van der Waals surface area contributed by atoms with E-state index in [-0.39, 0.29) is 17.7 Å². The van der Waals surface area contributed by atoms with E-state index in [9.17, 15) is 9.59 Å². The summed E-state index contributed by atoms with van der Waals surface area (Å²) in [7, 11) is 0. The summed E-state index contributed by atoms with van der Waals surface area (Å²) in [6.45, 7) is 5.41. The van der Waals surface area contributed by atoms with Gasteiger partial charge in [-0.3, -0.25) is 14.5 Å². The van der Waals surface area contributed by atoms with E-state index < -0.39 is 0 Å². The van der Waals surface area contributed by atoms with Gasteiger partial charge >= 0.3 is 0 Å². The van der Waals surface area contributed by atoms with Gasteiger partial charge in [0.15, 0.2) is 11.5 Å². The van der Waals surface area contributed by atoms with Crippen molar-refractivity contribution in [1.29, 1.82) is 0 Å². The molecule has 158 valence electrons. The maximum absolute atomic E-state index is 12.8. The lowest BCUT2D eigenvalue weighted by molar-refractivity contribution is -0.123. The van der Waals surface area contributed by atoms with E-state index in [1.807, 2.05) is 49.4 Å². The number of amides is 2. The number of benzene rings is 2. The maximum atomic E-state index is 12.8. The SMILES string of the molecule is CCCCOc1ccc(/C=C2/SC(=O)N(Cc3cccc(Br)c3)C2=O)cc1OCC. The Kier molecular flexibility index (Phi) is 7.99. The first-order valence-corrected chi connectivity index (χ1v) is 11.5. The standard InChI is InChI=1S/C23H24BrNO4S/c1-3-5-11-29-19-10-9-16(13-20(19)28-4-2)14-21-22(26)25(23(27)30-21)15-17-7-6-8-18(24)12-17/h6-10,12-14H,3-5,11,15H2,1-2H3/b21-14+. The summed E-state index contributed by atoms with van der Waals surface area (Å²) in [6.07, 6.45) is 3.75. The van der Waals surface area contributed by atoms with Gasteiger partial charge in [-0.15, -0.1) is 0 Å². The molecule has 1 aliphatic rings. The molecule has 0 N–H and O–H groups in total. The smallest absolute Gasteiger partial charge is 0.293 e. The van der Waals surface area contributed by atoms with Crippen molar-refractivity contribution in [3.05, 3.63) is 63.0 Å². The first-order valence-electron chi connectivity index (χ1n) is 9.91. The first-order chi connectivity index (χ1) is 14.5. The second-order valence-electron chi connectivity index (χ2n) is 6.74. The summed E-state index contributed by atoms with van der Waals surface area (Å²) in [5.41, 5.74) is 1.68. The van der Waals surface area contributed by atoms with E-state index in [1.54, 1.807) is 6.08 Å². The van der Waals surface area contributed by atoms with Crippen LogP contribution in [0.1, 0.15) is 37.8 Å². The van der Waals surface area contributed by atoms with Crippen molar-refractivity contribution in [2.24, 2.45) is 0 Å². The Morgan fingerprint density at radius 2 is 1.90 bits per heavy atom. The van der Waals surface area contributed by atoms with Crippen LogP contribution in [0.4, 0.5) is 4.79 Å². The molecule has 5 nitrogen and oxygen atoms in total. The summed E-state index contributed by atoms with van der Waals surface area (Å²) in [6, 6.07) is 13.1. The number of imide groups is 1. The predicted molar refractivity (Wildman–Crippen MR) is 124 cm³/mol. The van der Waals surface area contributed by atoms with Crippen LogP contribution < -0.4 is 9.47 Å². The molecule has 0 aliphatic carbocycles. The van der Waals surface area contributed by atoms with Crippen molar-refractivity contribution in [3.8, 4) is 11.5 Å². The van der Waals surface area contributed by atoms with Crippen molar-refractivity contribution in [1.82, 2.24) is 4.90 Å². The Balaban J connectivity index is 1.78. The van der Waals surface area contributed by atoms with Crippen LogP contribution in [0.3, 0.4) is 0 Å². The molecule has 2 aromatic rings. The molecule has 7 heteroatoms. The molecular weight excluding hydrogens is 466 g/mol. The summed E-state index contributed by atoms with van der Waals surface area (Å²) in [5, 5.41) is -0.268. The third-order valence-corrected chi connectivity index (χ3v) is 5.82. The van der Waals surface area contributed by atoms with Gasteiger partial charge in [0.05, 0.1) is 24.7 Å². The van der Waals surface area contributed by atoms with Crippen LogP contribution in [0.25, 0.3) is 6.08 Å². The number of carbonyl (C=O) groups is 2. The van der Waals surface area contributed by atoms with Gasteiger partial charge in [-0.2, -0.15) is 0 Å². The van der Waals surface area contributed by atoms with Crippen molar-refractivity contribution < 1.29 is 19.1 Å². The van der Waals surface area contributed by atoms with Crippen molar-refractivity contribution in [2.75, 3.05) is 13.2 Å². The first kappa shape index (κ1) is 22.4. The Morgan fingerprint density at radius 1 is 1.07 bits per heavy atom. The van der Waals surface area contributed by atoms with E-state index in [0.29, 0.717) is 29.6 Å². The van der Waals surface area contributed by atoms with Crippen LogP contribution in [0.5, 0.6) is 11.5 Å². The Morgan fingerprint density at radius 3 is 2.63 bits per heavy atom. The van der Waals surface area contributed by atoms with Crippen molar-refractivity contribution in [2.45, 2.75) is 33.2 Å². The van der Waals surface area contributed by atoms with Gasteiger partial charge in [0.1, 0.15) is 0 Å². The van der Waals surface area contributed by atoms with Gasteiger partial charge in [-0.05, 0) is 66.6 Å². The molecule has 0 spiro atoms. The van der Waals surface area contributed by atoms with E-state index in [1.165, 1.54) is 4.90 Å². The molecule has 3 rings (SSSR count). The average Bonchev–Trinajstić information content (AvgIpc) is 2.97. The van der Waals surface area contributed by atoms with Crippen LogP contribution in [0.2, 0.25) is 0 Å². The normalized spacial score (nSPS) is 15.2. The van der Waals surface area contributed by atoms with Crippen LogP contribution in [-0.4, -0.2) is 29.3 Å². The quantitative estimate of drug-likeness (QED) is 0.307. The number of rotatable bonds is 9. The number of halogens is 1. The molecule has 0 bridgehead atoms. The number of nitrogens with zero attached hydrogens (tertiary/aromatic N) is 1. The molecular formula is C23H24BrNO4S. The highest BCUT2D eigenvalue weighted by atomic mass is 79.9. The van der Waals surface area contributed by atoms with Crippen LogP contribution in [-0.2, 0) is 11.3 Å². The molecule has 1 aliphatic heterocycles. The molecule has 0 unspecified atom stereocenters. The third kappa shape index (κ3) is 5.67. The van der Waals surface area contributed by atoms with Crippen molar-refractivity contribution in [3.63, 3.8) is 0 Å². The highest BCUT2D eigenvalue weighted by Crippen LogP contribution is 2.35. The molecule has 1 saturated heterocycles. The summed E-state index contributed by atoms with van der Waals surface area (Å²) in [5.74, 6) is 1.03.